The first-order valence-corrected chi connectivity index (χ1v) is 8.58. The van der Waals surface area contributed by atoms with Gasteiger partial charge in [-0.05, 0) is 36.4 Å². The third kappa shape index (κ3) is 5.13. The zero-order chi connectivity index (χ0) is 18.2. The van der Waals surface area contributed by atoms with Crippen LogP contribution in [0.1, 0.15) is 0 Å². The minimum absolute atomic E-state index is 0.0239. The van der Waals surface area contributed by atoms with Gasteiger partial charge in [0.2, 0.25) is 0 Å². The van der Waals surface area contributed by atoms with Crippen LogP contribution in [0.2, 0.25) is 0 Å². The van der Waals surface area contributed by atoms with Crippen LogP contribution in [0.3, 0.4) is 0 Å². The molecule has 138 valence electrons. The van der Waals surface area contributed by atoms with Crippen LogP contribution < -0.4 is 14.2 Å². The van der Waals surface area contributed by atoms with Crippen molar-refractivity contribution in [2.45, 2.75) is 6.10 Å². The summed E-state index contributed by atoms with van der Waals surface area (Å²) in [6.07, 6.45) is -0.161. The van der Waals surface area contributed by atoms with E-state index in [-0.39, 0.29) is 18.6 Å². The second kappa shape index (κ2) is 9.10. The third-order valence-electron chi connectivity index (χ3n) is 4.09. The predicted octanol–water partition coefficient (Wildman–Crippen LogP) is 2.38. The number of rotatable bonds is 7. The van der Waals surface area contributed by atoms with Crippen molar-refractivity contribution < 1.29 is 23.7 Å². The van der Waals surface area contributed by atoms with E-state index in [9.17, 15) is 4.79 Å². The molecule has 3 rings (SSSR count). The average molecular weight is 357 g/mol. The van der Waals surface area contributed by atoms with Gasteiger partial charge in [0.1, 0.15) is 30.0 Å². The van der Waals surface area contributed by atoms with E-state index in [0.717, 1.165) is 11.5 Å². The monoisotopic (exact) mass is 357 g/mol. The summed E-state index contributed by atoms with van der Waals surface area (Å²) in [6, 6.07) is 16.7. The van der Waals surface area contributed by atoms with E-state index in [1.165, 1.54) is 0 Å². The predicted molar refractivity (Wildman–Crippen MR) is 96.7 cm³/mol. The van der Waals surface area contributed by atoms with Crippen molar-refractivity contribution in [1.82, 2.24) is 4.90 Å². The highest BCUT2D eigenvalue weighted by Crippen LogP contribution is 2.18. The van der Waals surface area contributed by atoms with Gasteiger partial charge in [-0.2, -0.15) is 0 Å². The number of morpholine rings is 1. The number of nitrogens with zero attached hydrogens (tertiary/aromatic N) is 1. The number of ether oxygens (including phenoxy) is 4. The Kier molecular flexibility index (Phi) is 6.33. The van der Waals surface area contributed by atoms with Crippen LogP contribution in [-0.2, 0) is 9.53 Å². The minimum atomic E-state index is -0.161. The van der Waals surface area contributed by atoms with Crippen molar-refractivity contribution >= 4 is 5.91 Å². The maximum absolute atomic E-state index is 12.4. The molecule has 0 saturated carbocycles. The van der Waals surface area contributed by atoms with Crippen LogP contribution >= 0.6 is 0 Å². The Hall–Kier alpha value is -2.73. The summed E-state index contributed by atoms with van der Waals surface area (Å²) < 4.78 is 22.1. The Morgan fingerprint density at radius 2 is 1.73 bits per heavy atom. The SMILES string of the molecule is COc1ccc(OCC2CN(C(=O)COc3ccccc3)CCO2)cc1. The van der Waals surface area contributed by atoms with Crippen molar-refractivity contribution in [2.75, 3.05) is 40.0 Å². The molecule has 0 bridgehead atoms. The van der Waals surface area contributed by atoms with Crippen molar-refractivity contribution in [3.63, 3.8) is 0 Å². The molecule has 2 aromatic rings. The van der Waals surface area contributed by atoms with Crippen LogP contribution in [0.5, 0.6) is 17.2 Å². The number of carbonyl (C=O) groups is 1. The molecule has 1 unspecified atom stereocenters. The van der Waals surface area contributed by atoms with Gasteiger partial charge in [-0.25, -0.2) is 0 Å². The lowest BCUT2D eigenvalue weighted by atomic mass is 10.2. The summed E-state index contributed by atoms with van der Waals surface area (Å²) in [4.78, 5) is 14.1. The largest absolute Gasteiger partial charge is 0.497 e. The van der Waals surface area contributed by atoms with E-state index in [1.807, 2.05) is 54.6 Å². The lowest BCUT2D eigenvalue weighted by Gasteiger charge is -2.32. The molecule has 0 radical (unpaired) electrons. The molecule has 26 heavy (non-hydrogen) atoms. The Morgan fingerprint density at radius 3 is 2.46 bits per heavy atom. The van der Waals surface area contributed by atoms with Crippen molar-refractivity contribution in [3.05, 3.63) is 54.6 Å². The van der Waals surface area contributed by atoms with Gasteiger partial charge in [0.05, 0.1) is 20.3 Å². The minimum Gasteiger partial charge on any atom is -0.497 e. The molecule has 0 spiro atoms. The van der Waals surface area contributed by atoms with Gasteiger partial charge in [0.15, 0.2) is 6.61 Å². The molecule has 0 aliphatic carbocycles. The lowest BCUT2D eigenvalue weighted by molar-refractivity contribution is -0.142. The molecule has 1 aliphatic rings. The van der Waals surface area contributed by atoms with E-state index in [4.69, 9.17) is 18.9 Å². The Bertz CT molecular complexity index is 689. The number of methoxy groups -OCH3 is 1. The third-order valence-corrected chi connectivity index (χ3v) is 4.09. The van der Waals surface area contributed by atoms with Crippen LogP contribution in [-0.4, -0.2) is 56.9 Å². The molecule has 1 saturated heterocycles. The summed E-state index contributed by atoms with van der Waals surface area (Å²) in [5.41, 5.74) is 0. The van der Waals surface area contributed by atoms with Crippen LogP contribution in [0.4, 0.5) is 0 Å². The molecule has 6 nitrogen and oxygen atoms in total. The molecule has 1 amide bonds. The van der Waals surface area contributed by atoms with Gasteiger partial charge in [-0.1, -0.05) is 18.2 Å². The number of carbonyl (C=O) groups excluding carboxylic acids is 1. The second-order valence-corrected chi connectivity index (χ2v) is 5.92. The standard InChI is InChI=1S/C20H23NO5/c1-23-16-7-9-18(10-8-16)25-14-19-13-21(11-12-24-19)20(22)15-26-17-5-3-2-4-6-17/h2-10,19H,11-15H2,1H3. The smallest absolute Gasteiger partial charge is 0.260 e. The number of amides is 1. The van der Waals surface area contributed by atoms with Gasteiger partial charge in [-0.3, -0.25) is 4.79 Å². The molecular weight excluding hydrogens is 334 g/mol. The highest BCUT2D eigenvalue weighted by Gasteiger charge is 2.25. The normalized spacial score (nSPS) is 16.8. The van der Waals surface area contributed by atoms with Crippen LogP contribution in [0, 0.1) is 0 Å². The highest BCUT2D eigenvalue weighted by molar-refractivity contribution is 5.77. The summed E-state index contributed by atoms with van der Waals surface area (Å²) >= 11 is 0. The summed E-state index contributed by atoms with van der Waals surface area (Å²) in [5.74, 6) is 2.16. The number of para-hydroxylation sites is 1. The fourth-order valence-electron chi connectivity index (χ4n) is 2.66. The lowest BCUT2D eigenvalue weighted by Crippen LogP contribution is -2.49. The van der Waals surface area contributed by atoms with Gasteiger partial charge >= 0.3 is 0 Å². The molecule has 0 aromatic heterocycles. The Labute approximate surface area is 153 Å². The molecule has 6 heteroatoms. The van der Waals surface area contributed by atoms with E-state index in [2.05, 4.69) is 0 Å². The average Bonchev–Trinajstić information content (AvgIpc) is 2.72. The van der Waals surface area contributed by atoms with E-state index >= 15 is 0 Å². The van der Waals surface area contributed by atoms with Gasteiger partial charge in [0, 0.05) is 6.54 Å². The summed E-state index contributed by atoms with van der Waals surface area (Å²) in [5, 5.41) is 0. The van der Waals surface area contributed by atoms with Crippen LogP contribution in [0.25, 0.3) is 0 Å². The zero-order valence-electron chi connectivity index (χ0n) is 14.8. The molecule has 1 atom stereocenters. The van der Waals surface area contributed by atoms with Crippen molar-refractivity contribution in [1.29, 1.82) is 0 Å². The van der Waals surface area contributed by atoms with Gasteiger partial charge in [0.25, 0.3) is 5.91 Å². The topological polar surface area (TPSA) is 57.2 Å². The molecule has 0 N–H and O–H groups in total. The number of hydrogen-bond acceptors (Lipinski definition) is 5. The van der Waals surface area contributed by atoms with E-state index in [1.54, 1.807) is 12.0 Å². The molecule has 1 aliphatic heterocycles. The fraction of sp³-hybridized carbons (Fsp3) is 0.350. The first kappa shape index (κ1) is 18.1. The first-order chi connectivity index (χ1) is 12.7. The zero-order valence-corrected chi connectivity index (χ0v) is 14.8. The van der Waals surface area contributed by atoms with E-state index < -0.39 is 0 Å². The molecular formula is C20H23NO5. The van der Waals surface area contributed by atoms with Crippen molar-refractivity contribution in [2.24, 2.45) is 0 Å². The van der Waals surface area contributed by atoms with Gasteiger partial charge < -0.3 is 23.8 Å². The highest BCUT2D eigenvalue weighted by atomic mass is 16.5. The molecule has 1 fully saturated rings. The number of benzene rings is 2. The quantitative estimate of drug-likeness (QED) is 0.762. The van der Waals surface area contributed by atoms with Crippen molar-refractivity contribution in [3.8, 4) is 17.2 Å². The second-order valence-electron chi connectivity index (χ2n) is 5.92. The van der Waals surface area contributed by atoms with E-state index in [0.29, 0.717) is 32.1 Å². The summed E-state index contributed by atoms with van der Waals surface area (Å²) in [6.45, 7) is 1.96. The maximum Gasteiger partial charge on any atom is 0.260 e. The first-order valence-electron chi connectivity index (χ1n) is 8.58. The molecule has 2 aromatic carbocycles. The Morgan fingerprint density at radius 1 is 1.04 bits per heavy atom. The Balaban J connectivity index is 1.44. The number of hydrogen-bond donors (Lipinski definition) is 0. The summed E-state index contributed by atoms with van der Waals surface area (Å²) in [7, 11) is 1.62. The molecule has 1 heterocycles. The maximum atomic E-state index is 12.4. The van der Waals surface area contributed by atoms with Gasteiger partial charge in [-0.15, -0.1) is 0 Å². The fourth-order valence-corrected chi connectivity index (χ4v) is 2.66. The van der Waals surface area contributed by atoms with Crippen LogP contribution in [0.15, 0.2) is 54.6 Å².